The van der Waals surface area contributed by atoms with Gasteiger partial charge in [0.15, 0.2) is 0 Å². The van der Waals surface area contributed by atoms with Gasteiger partial charge in [-0.05, 0) is 83.3 Å². The average Bonchev–Trinajstić information content (AvgIpc) is 3.89. The lowest BCUT2D eigenvalue weighted by molar-refractivity contribution is -0.134. The fourth-order valence-corrected chi connectivity index (χ4v) is 9.61. The normalized spacial score (nSPS) is 20.2. The van der Waals surface area contributed by atoms with Crippen LogP contribution in [0.25, 0.3) is 0 Å². The summed E-state index contributed by atoms with van der Waals surface area (Å²) in [7, 11) is 7.07. The largest absolute Gasteiger partial charge is 0.472 e. The Hall–Kier alpha value is -4.65. The summed E-state index contributed by atoms with van der Waals surface area (Å²) >= 11 is 0. The second-order valence-electron chi connectivity index (χ2n) is 18.4. The Morgan fingerprint density at radius 2 is 1.59 bits per heavy atom. The van der Waals surface area contributed by atoms with Gasteiger partial charge in [0.2, 0.25) is 29.5 Å². The minimum absolute atomic E-state index is 0.0106. The number of nitrogens with zero attached hydrogens (tertiary/aromatic N) is 5. The van der Waals surface area contributed by atoms with Gasteiger partial charge in [-0.15, -0.1) is 0 Å². The van der Waals surface area contributed by atoms with Crippen LogP contribution in [0.3, 0.4) is 0 Å². The van der Waals surface area contributed by atoms with Crippen molar-refractivity contribution in [3.63, 3.8) is 0 Å². The van der Waals surface area contributed by atoms with Gasteiger partial charge in [-0.1, -0.05) is 67.0 Å². The standard InChI is InChI=1S/C48H71B2N8O11P/c1-33(2)53-44(61)31-56(46(63)29-49)26-24-52-42(59)20-8-7-14-25-58-48-36-17-10-9-16-35(36)30-57(38-19-12-11-18-37(38)47(48)54-55-58)45(62)22-21-43(60)51-23-13-5-6-15-27-67-70(64,65)69-39-28-41(50)68-40(39)32-66-34(3)4/h9-12,16-19,33-34,39-41,47-48H,5-8,13-15,20-32H2,1-4H3,(H,51,60)(H,52,59)(H,53,61)(H,64,65)/t39?,40-,41-,47?,48?/m1/s1. The van der Waals surface area contributed by atoms with Crippen molar-refractivity contribution >= 4 is 58.7 Å². The molecule has 5 amide bonds. The van der Waals surface area contributed by atoms with Crippen LogP contribution in [0.15, 0.2) is 58.9 Å². The molecule has 2 aromatic rings. The molecule has 380 valence electrons. The van der Waals surface area contributed by atoms with Crippen LogP contribution in [-0.2, 0) is 53.6 Å². The average molecular weight is 989 g/mol. The highest BCUT2D eigenvalue weighted by molar-refractivity contribution is 7.47. The number of para-hydroxylation sites is 1. The van der Waals surface area contributed by atoms with Crippen LogP contribution >= 0.6 is 7.82 Å². The zero-order valence-electron chi connectivity index (χ0n) is 41.2. The molecule has 4 N–H and O–H groups in total. The Labute approximate surface area is 415 Å². The van der Waals surface area contributed by atoms with E-state index in [1.807, 2.05) is 75.2 Å². The van der Waals surface area contributed by atoms with E-state index >= 15 is 0 Å². The molecule has 4 radical (unpaired) electrons. The quantitative estimate of drug-likeness (QED) is 0.0464. The van der Waals surface area contributed by atoms with Gasteiger partial charge < -0.3 is 40.1 Å². The number of phosphoric acid groups is 1. The number of rotatable bonds is 29. The number of hydrogen-bond acceptors (Lipinski definition) is 13. The van der Waals surface area contributed by atoms with E-state index in [0.717, 1.165) is 41.6 Å². The van der Waals surface area contributed by atoms with E-state index in [9.17, 15) is 33.4 Å². The van der Waals surface area contributed by atoms with E-state index in [2.05, 4.69) is 27.2 Å². The number of phosphoric ester groups is 1. The summed E-state index contributed by atoms with van der Waals surface area (Å²) in [6.07, 6.45) is 3.88. The summed E-state index contributed by atoms with van der Waals surface area (Å²) in [5, 5.41) is 19.9. The summed E-state index contributed by atoms with van der Waals surface area (Å²) in [5.41, 5.74) is 3.56. The molecule has 1 fully saturated rings. The van der Waals surface area contributed by atoms with E-state index < -0.39 is 26.0 Å². The van der Waals surface area contributed by atoms with Crippen molar-refractivity contribution in [2.75, 3.05) is 50.8 Å². The van der Waals surface area contributed by atoms with E-state index in [-0.39, 0.29) is 112 Å². The maximum atomic E-state index is 14.0. The molecular weight excluding hydrogens is 917 g/mol. The predicted octanol–water partition coefficient (Wildman–Crippen LogP) is 5.28. The van der Waals surface area contributed by atoms with Crippen LogP contribution in [-0.4, -0.2) is 136 Å². The second kappa shape index (κ2) is 28.4. The van der Waals surface area contributed by atoms with Gasteiger partial charge in [-0.3, -0.25) is 38.0 Å². The Bertz CT molecular complexity index is 2120. The molecule has 70 heavy (non-hydrogen) atoms. The first kappa shape index (κ1) is 56.3. The van der Waals surface area contributed by atoms with Crippen LogP contribution in [0.1, 0.15) is 127 Å². The Morgan fingerprint density at radius 3 is 2.34 bits per heavy atom. The highest BCUT2D eigenvalue weighted by Crippen LogP contribution is 2.49. The smallest absolute Gasteiger partial charge is 0.380 e. The van der Waals surface area contributed by atoms with Gasteiger partial charge in [0.25, 0.3) is 0 Å². The summed E-state index contributed by atoms with van der Waals surface area (Å²) in [6, 6.07) is 14.4. The number of unbranched alkanes of at least 4 members (excludes halogenated alkanes) is 5. The molecule has 0 aliphatic carbocycles. The van der Waals surface area contributed by atoms with Gasteiger partial charge in [0, 0.05) is 68.7 Å². The molecule has 0 bridgehead atoms. The molecule has 5 rings (SSSR count). The summed E-state index contributed by atoms with van der Waals surface area (Å²) < 4.78 is 34.3. The fourth-order valence-electron chi connectivity index (χ4n) is 8.62. The van der Waals surface area contributed by atoms with Crippen molar-refractivity contribution in [3.05, 3.63) is 65.2 Å². The van der Waals surface area contributed by atoms with Crippen molar-refractivity contribution in [2.24, 2.45) is 10.3 Å². The summed E-state index contributed by atoms with van der Waals surface area (Å²) in [4.78, 5) is 77.4. The Morgan fingerprint density at radius 1 is 0.886 bits per heavy atom. The number of hydrogen-bond donors (Lipinski definition) is 4. The number of benzene rings is 2. The number of ether oxygens (including phenoxy) is 2. The number of nitrogens with one attached hydrogen (secondary N) is 3. The molecule has 0 saturated carbocycles. The summed E-state index contributed by atoms with van der Waals surface area (Å²) in [5.74, 6) is -1.20. The van der Waals surface area contributed by atoms with Crippen LogP contribution in [0.2, 0.25) is 6.32 Å². The van der Waals surface area contributed by atoms with E-state index in [1.54, 1.807) is 4.90 Å². The molecule has 1 saturated heterocycles. The topological polar surface area (TPSA) is 230 Å². The fraction of sp³-hybridized carbons (Fsp3) is 0.646. The molecule has 22 heteroatoms. The predicted molar refractivity (Wildman–Crippen MR) is 264 cm³/mol. The maximum absolute atomic E-state index is 14.0. The number of anilines is 1. The monoisotopic (exact) mass is 989 g/mol. The number of fused-ring (bicyclic) bond motifs is 5. The Kier molecular flexibility index (Phi) is 22.8. The van der Waals surface area contributed by atoms with E-state index in [4.69, 9.17) is 39.3 Å². The van der Waals surface area contributed by atoms with Crippen molar-refractivity contribution in [2.45, 2.75) is 154 Å². The highest BCUT2D eigenvalue weighted by atomic mass is 31.2. The molecular formula is C48H71B2N8O11P. The van der Waals surface area contributed by atoms with Crippen LogP contribution in [0.5, 0.6) is 0 Å². The minimum atomic E-state index is -4.33. The first-order chi connectivity index (χ1) is 33.5. The molecule has 6 atom stereocenters. The molecule has 3 aliphatic rings. The first-order valence-corrected chi connectivity index (χ1v) is 26.2. The zero-order valence-corrected chi connectivity index (χ0v) is 42.1. The molecule has 19 nitrogen and oxygen atoms in total. The van der Waals surface area contributed by atoms with Crippen molar-refractivity contribution in [1.29, 1.82) is 0 Å². The lowest BCUT2D eigenvalue weighted by atomic mass is 9.87. The third-order valence-electron chi connectivity index (χ3n) is 12.1. The SMILES string of the molecule is [B]CC(=O)N(CCNC(=O)CCCCCN1N=NC2c3ccccc3N(C(=O)CCC(=O)NCCCCCCOP(=O)(O)OC3C[C@H]([B])O[C@@H]3COC(C)C)Cc3ccccc3C21)CC(=O)NC(C)C. The highest BCUT2D eigenvalue weighted by Gasteiger charge is 2.41. The number of amides is 5. The lowest BCUT2D eigenvalue weighted by Gasteiger charge is -2.35. The lowest BCUT2D eigenvalue weighted by Crippen LogP contribution is -2.45. The Balaban J connectivity index is 1.03. The van der Waals surface area contributed by atoms with Crippen LogP contribution in [0.4, 0.5) is 5.69 Å². The van der Waals surface area contributed by atoms with Gasteiger partial charge in [-0.2, -0.15) is 5.11 Å². The minimum Gasteiger partial charge on any atom is -0.380 e. The van der Waals surface area contributed by atoms with Crippen molar-refractivity contribution < 1.29 is 52.0 Å². The first-order valence-electron chi connectivity index (χ1n) is 24.7. The van der Waals surface area contributed by atoms with Crippen molar-refractivity contribution in [3.8, 4) is 0 Å². The van der Waals surface area contributed by atoms with E-state index in [0.29, 0.717) is 51.7 Å². The molecule has 4 unspecified atom stereocenters. The molecule has 3 heterocycles. The third-order valence-corrected chi connectivity index (χ3v) is 13.1. The van der Waals surface area contributed by atoms with Crippen molar-refractivity contribution in [1.82, 2.24) is 25.9 Å². The molecule has 2 aromatic carbocycles. The summed E-state index contributed by atoms with van der Waals surface area (Å²) in [6.45, 7) is 9.24. The maximum Gasteiger partial charge on any atom is 0.472 e. The van der Waals surface area contributed by atoms with Gasteiger partial charge >= 0.3 is 7.82 Å². The zero-order chi connectivity index (χ0) is 50.6. The third kappa shape index (κ3) is 17.9. The van der Waals surface area contributed by atoms with Gasteiger partial charge in [-0.25, -0.2) is 4.57 Å². The van der Waals surface area contributed by atoms with Crippen LogP contribution in [0, 0.1) is 0 Å². The van der Waals surface area contributed by atoms with E-state index in [1.165, 1.54) is 4.90 Å². The van der Waals surface area contributed by atoms with Gasteiger partial charge in [0.1, 0.15) is 26.0 Å². The van der Waals surface area contributed by atoms with Gasteiger partial charge in [0.05, 0.1) is 46.4 Å². The second-order valence-corrected chi connectivity index (χ2v) is 19.8. The van der Waals surface area contributed by atoms with Crippen LogP contribution < -0.4 is 20.9 Å². The molecule has 0 aromatic heterocycles. The molecule has 3 aliphatic heterocycles. The number of carbonyl (C=O) groups excluding carboxylic acids is 5. The molecule has 0 spiro atoms. The number of carbonyl (C=O) groups is 5.